The molecule has 0 aromatic rings. The van der Waals surface area contributed by atoms with E-state index in [0.717, 1.165) is 31.1 Å². The molecule has 2 saturated carbocycles. The molecule has 0 unspecified atom stereocenters. The van der Waals surface area contributed by atoms with Crippen molar-refractivity contribution in [3.63, 3.8) is 0 Å². The number of esters is 1. The fourth-order valence-electron chi connectivity index (χ4n) is 9.47. The highest BCUT2D eigenvalue weighted by molar-refractivity contribution is 5.75. The predicted molar refractivity (Wildman–Crippen MR) is 102 cm³/mol. The zero-order valence-electron chi connectivity index (χ0n) is 16.7. The van der Waals surface area contributed by atoms with Gasteiger partial charge in [-0.3, -0.25) is 9.69 Å². The van der Waals surface area contributed by atoms with E-state index in [4.69, 9.17) is 4.74 Å². The first-order valence-electron chi connectivity index (χ1n) is 11.2. The number of hydrogen-bond donors (Lipinski definition) is 1. The molecular weight excluding hydrogens is 338 g/mol. The Morgan fingerprint density at radius 2 is 2.07 bits per heavy atom. The molecule has 6 rings (SSSR count). The van der Waals surface area contributed by atoms with Gasteiger partial charge in [0.05, 0.1) is 13.0 Å². The average Bonchev–Trinajstić information content (AvgIpc) is 3.31. The van der Waals surface area contributed by atoms with Gasteiger partial charge >= 0.3 is 5.97 Å². The summed E-state index contributed by atoms with van der Waals surface area (Å²) >= 11 is 0. The number of hydrogen-bond acceptors (Lipinski definition) is 4. The van der Waals surface area contributed by atoms with Crippen molar-refractivity contribution in [2.45, 2.75) is 57.9 Å². The van der Waals surface area contributed by atoms with E-state index in [1.54, 1.807) is 18.3 Å². The van der Waals surface area contributed by atoms with Crippen LogP contribution in [0.15, 0.2) is 11.1 Å². The Morgan fingerprint density at radius 1 is 1.26 bits per heavy atom. The standard InChI is InChI=1S/C23H33NO3/c1-13-10-24-11-15-5-3-14-4-6-17-18(21(26)27-2)9-23(19(14)17)20(24)16(13)7-8-22(15,23)12-25/h13,15-18,20,25H,3-12H2,1-2H3/t13-,15-,16-,17-,18-,20+,22-,23+/m1/s1. The van der Waals surface area contributed by atoms with Crippen molar-refractivity contribution in [2.75, 3.05) is 26.8 Å². The zero-order valence-corrected chi connectivity index (χ0v) is 16.7. The van der Waals surface area contributed by atoms with Crippen molar-refractivity contribution in [1.82, 2.24) is 4.90 Å². The van der Waals surface area contributed by atoms with Crippen molar-refractivity contribution in [2.24, 2.45) is 40.4 Å². The van der Waals surface area contributed by atoms with Crippen LogP contribution in [0, 0.1) is 40.4 Å². The molecule has 27 heavy (non-hydrogen) atoms. The van der Waals surface area contributed by atoms with Crippen LogP contribution < -0.4 is 0 Å². The van der Waals surface area contributed by atoms with Gasteiger partial charge in [0.1, 0.15) is 0 Å². The number of rotatable bonds is 2. The fourth-order valence-corrected chi connectivity index (χ4v) is 9.47. The molecular formula is C23H33NO3. The summed E-state index contributed by atoms with van der Waals surface area (Å²) in [5.74, 6) is 2.44. The molecule has 2 heterocycles. The number of carbonyl (C=O) groups is 1. The molecule has 0 aromatic carbocycles. The smallest absolute Gasteiger partial charge is 0.309 e. The van der Waals surface area contributed by atoms with Crippen LogP contribution in [0.3, 0.4) is 0 Å². The molecule has 148 valence electrons. The van der Waals surface area contributed by atoms with E-state index >= 15 is 0 Å². The number of nitrogens with zero attached hydrogens (tertiary/aromatic N) is 1. The summed E-state index contributed by atoms with van der Waals surface area (Å²) in [6.45, 7) is 5.13. The van der Waals surface area contributed by atoms with Gasteiger partial charge in [0, 0.05) is 36.6 Å². The maximum Gasteiger partial charge on any atom is 0.309 e. The largest absolute Gasteiger partial charge is 0.469 e. The van der Waals surface area contributed by atoms with Gasteiger partial charge in [-0.25, -0.2) is 0 Å². The van der Waals surface area contributed by atoms with Crippen LogP contribution in [-0.4, -0.2) is 48.8 Å². The Kier molecular flexibility index (Phi) is 3.40. The van der Waals surface area contributed by atoms with Crippen LogP contribution in [0.5, 0.6) is 0 Å². The number of aliphatic hydroxyl groups is 1. The normalized spacial score (nSPS) is 52.7. The summed E-state index contributed by atoms with van der Waals surface area (Å²) in [5, 5.41) is 10.9. The lowest BCUT2D eigenvalue weighted by atomic mass is 9.43. The minimum atomic E-state index is -0.00281. The van der Waals surface area contributed by atoms with E-state index < -0.39 is 0 Å². The van der Waals surface area contributed by atoms with E-state index in [1.807, 2.05) is 0 Å². The monoisotopic (exact) mass is 371 g/mol. The van der Waals surface area contributed by atoms with Crippen LogP contribution in [0.1, 0.15) is 51.9 Å². The molecule has 0 aromatic heterocycles. The van der Waals surface area contributed by atoms with E-state index in [2.05, 4.69) is 11.8 Å². The van der Waals surface area contributed by atoms with Gasteiger partial charge < -0.3 is 9.84 Å². The molecule has 4 fully saturated rings. The summed E-state index contributed by atoms with van der Waals surface area (Å²) in [5.41, 5.74) is 3.36. The molecule has 4 heteroatoms. The van der Waals surface area contributed by atoms with E-state index in [-0.39, 0.29) is 22.7 Å². The van der Waals surface area contributed by atoms with Crippen LogP contribution in [0.25, 0.3) is 0 Å². The lowest BCUT2D eigenvalue weighted by Gasteiger charge is -2.66. The lowest BCUT2D eigenvalue weighted by molar-refractivity contribution is -0.173. The molecule has 1 spiro atoms. The minimum absolute atomic E-state index is 0.000111. The third kappa shape index (κ3) is 1.73. The first-order chi connectivity index (χ1) is 13.1. The third-order valence-corrected chi connectivity index (χ3v) is 10.2. The van der Waals surface area contributed by atoms with Gasteiger partial charge in [-0.05, 0) is 68.6 Å². The van der Waals surface area contributed by atoms with E-state index in [1.165, 1.54) is 38.8 Å². The molecule has 0 radical (unpaired) electrons. The number of allylic oxidation sites excluding steroid dienone is 1. The van der Waals surface area contributed by atoms with Crippen molar-refractivity contribution >= 4 is 5.97 Å². The Morgan fingerprint density at radius 3 is 2.85 bits per heavy atom. The van der Waals surface area contributed by atoms with Crippen molar-refractivity contribution < 1.29 is 14.6 Å². The molecule has 4 aliphatic carbocycles. The van der Waals surface area contributed by atoms with Gasteiger partial charge in [-0.15, -0.1) is 0 Å². The summed E-state index contributed by atoms with van der Waals surface area (Å²) < 4.78 is 5.30. The van der Waals surface area contributed by atoms with Gasteiger partial charge in [-0.2, -0.15) is 0 Å². The summed E-state index contributed by atoms with van der Waals surface area (Å²) in [6, 6.07) is 0.544. The van der Waals surface area contributed by atoms with Crippen LogP contribution >= 0.6 is 0 Å². The molecule has 0 amide bonds. The van der Waals surface area contributed by atoms with Gasteiger partial charge in [0.15, 0.2) is 0 Å². The average molecular weight is 372 g/mol. The van der Waals surface area contributed by atoms with Gasteiger partial charge in [-0.1, -0.05) is 18.1 Å². The molecule has 6 aliphatic rings. The number of ether oxygens (including phenoxy) is 1. The first-order valence-corrected chi connectivity index (χ1v) is 11.2. The predicted octanol–water partition coefficient (Wildman–Crippen LogP) is 3.00. The highest BCUT2D eigenvalue weighted by Crippen LogP contribution is 2.76. The zero-order chi connectivity index (χ0) is 18.6. The van der Waals surface area contributed by atoms with E-state index in [9.17, 15) is 9.90 Å². The summed E-state index contributed by atoms with van der Waals surface area (Å²) in [7, 11) is 1.56. The molecule has 2 saturated heterocycles. The maximum atomic E-state index is 12.8. The summed E-state index contributed by atoms with van der Waals surface area (Å²) in [4.78, 5) is 15.6. The molecule has 4 bridgehead atoms. The number of piperidine rings is 1. The molecule has 1 N–H and O–H groups in total. The number of methoxy groups -OCH3 is 1. The highest BCUT2D eigenvalue weighted by atomic mass is 16.5. The van der Waals surface area contributed by atoms with E-state index in [0.29, 0.717) is 24.5 Å². The Hall–Kier alpha value is -0.870. The maximum absolute atomic E-state index is 12.8. The van der Waals surface area contributed by atoms with Gasteiger partial charge in [0.2, 0.25) is 0 Å². The van der Waals surface area contributed by atoms with Crippen molar-refractivity contribution in [3.8, 4) is 0 Å². The first kappa shape index (κ1) is 17.0. The quantitative estimate of drug-likeness (QED) is 0.599. The fraction of sp³-hybridized carbons (Fsp3) is 0.870. The number of aliphatic hydroxyl groups excluding tert-OH is 1. The van der Waals surface area contributed by atoms with Crippen molar-refractivity contribution in [3.05, 3.63) is 11.1 Å². The second-order valence-electron chi connectivity index (χ2n) is 10.6. The topological polar surface area (TPSA) is 49.8 Å². The van der Waals surface area contributed by atoms with Crippen LogP contribution in [0.4, 0.5) is 0 Å². The molecule has 4 nitrogen and oxygen atoms in total. The second kappa shape index (κ2) is 5.38. The SMILES string of the molecule is COC(=O)[C@@H]1C[C@@]23C4=C(CC[C@@H]5CN6C[C@@H](C)[C@@H](CC[C@@]52CO)[C@H]63)CC[C@@H]41. The second-order valence-corrected chi connectivity index (χ2v) is 10.6. The Balaban J connectivity index is 1.61. The van der Waals surface area contributed by atoms with Crippen LogP contribution in [0.2, 0.25) is 0 Å². The molecule has 2 aliphatic heterocycles. The lowest BCUT2D eigenvalue weighted by Crippen LogP contribution is -2.68. The van der Waals surface area contributed by atoms with Gasteiger partial charge in [0.25, 0.3) is 0 Å². The Labute approximate surface area is 162 Å². The Bertz CT molecular complexity index is 731. The number of carbonyl (C=O) groups excluding carboxylic acids is 1. The third-order valence-electron chi connectivity index (χ3n) is 10.2. The van der Waals surface area contributed by atoms with Crippen LogP contribution in [-0.2, 0) is 9.53 Å². The summed E-state index contributed by atoms with van der Waals surface area (Å²) in [6.07, 6.45) is 8.10. The highest BCUT2D eigenvalue weighted by Gasteiger charge is 2.75. The van der Waals surface area contributed by atoms with Crippen molar-refractivity contribution in [1.29, 1.82) is 0 Å². The minimum Gasteiger partial charge on any atom is -0.469 e. The molecule has 8 atom stereocenters.